The molecule has 0 aliphatic heterocycles. The lowest BCUT2D eigenvalue weighted by Crippen LogP contribution is -2.18. The van der Waals surface area contributed by atoms with Gasteiger partial charge in [-0.2, -0.15) is 0 Å². The number of thiol groups is 1. The third-order valence-electron chi connectivity index (χ3n) is 2.79. The maximum Gasteiger partial charge on any atom is 0.353 e. The molecular formula is C14H11NO6S. The fraction of sp³-hybridized carbons (Fsp3) is 0.0714. The highest BCUT2D eigenvalue weighted by Crippen LogP contribution is 2.29. The summed E-state index contributed by atoms with van der Waals surface area (Å²) < 4.78 is 4.41. The topological polar surface area (TPSA) is 117 Å². The number of hydrogen-bond donors (Lipinski definition) is 4. The molecule has 7 nitrogen and oxygen atoms in total. The summed E-state index contributed by atoms with van der Waals surface area (Å²) in [5.74, 6) is -3.73. The Morgan fingerprint density at radius 2 is 1.73 bits per heavy atom. The largest absolute Gasteiger partial charge is 0.506 e. The fourth-order valence-electron chi connectivity index (χ4n) is 1.77. The molecule has 3 N–H and O–H groups in total. The Hall–Kier alpha value is -2.74. The van der Waals surface area contributed by atoms with E-state index in [1.807, 2.05) is 0 Å². The number of anilines is 1. The number of Topliss-reactive ketones (excluding diaryl/α,β-unsaturated/α-hetero) is 1. The van der Waals surface area contributed by atoms with Crippen LogP contribution in [0.3, 0.4) is 0 Å². The van der Waals surface area contributed by atoms with E-state index in [0.717, 1.165) is 6.92 Å². The summed E-state index contributed by atoms with van der Waals surface area (Å²) in [5, 5.41) is 21.8. The van der Waals surface area contributed by atoms with Crippen LogP contribution < -0.4 is 10.9 Å². The number of amides is 1. The van der Waals surface area contributed by atoms with Crippen LogP contribution in [-0.2, 0) is 0 Å². The molecule has 1 amide bonds. The number of rotatable bonds is 3. The zero-order valence-corrected chi connectivity index (χ0v) is 12.2. The predicted molar refractivity (Wildman–Crippen MR) is 80.0 cm³/mol. The van der Waals surface area contributed by atoms with E-state index in [4.69, 9.17) is 0 Å². The third-order valence-corrected chi connectivity index (χ3v) is 3.08. The molecule has 114 valence electrons. The van der Waals surface area contributed by atoms with Crippen molar-refractivity contribution in [1.82, 2.24) is 0 Å². The number of aromatic hydroxyl groups is 2. The standard InChI is InChI=1S/C14H11NO6S/c1-6(16)9-11(17)10(14(20)21-13(9)19)12(18)15-7-2-4-8(22)5-3-7/h2-5,17,20,22H,1H3,(H,15,18). The SMILES string of the molecule is CC(=O)c1c(O)c(C(=O)Nc2ccc(S)cc2)c(O)oc1=O. The minimum Gasteiger partial charge on any atom is -0.506 e. The average Bonchev–Trinajstić information content (AvgIpc) is 2.40. The zero-order valence-electron chi connectivity index (χ0n) is 11.3. The average molecular weight is 321 g/mol. The molecule has 0 saturated heterocycles. The van der Waals surface area contributed by atoms with Gasteiger partial charge in [-0.05, 0) is 31.2 Å². The first-order valence-corrected chi connectivity index (χ1v) is 6.46. The van der Waals surface area contributed by atoms with E-state index in [1.165, 1.54) is 0 Å². The van der Waals surface area contributed by atoms with Crippen molar-refractivity contribution >= 4 is 30.0 Å². The zero-order chi connectivity index (χ0) is 16.4. The minimum atomic E-state index is -1.22. The van der Waals surface area contributed by atoms with E-state index in [0.29, 0.717) is 10.6 Å². The highest BCUT2D eigenvalue weighted by Gasteiger charge is 2.26. The number of hydrogen-bond acceptors (Lipinski definition) is 7. The van der Waals surface area contributed by atoms with Crippen molar-refractivity contribution in [3.8, 4) is 11.7 Å². The van der Waals surface area contributed by atoms with E-state index in [1.54, 1.807) is 24.3 Å². The molecule has 22 heavy (non-hydrogen) atoms. The van der Waals surface area contributed by atoms with Gasteiger partial charge in [-0.1, -0.05) is 0 Å². The van der Waals surface area contributed by atoms with Gasteiger partial charge < -0.3 is 19.9 Å². The highest BCUT2D eigenvalue weighted by molar-refractivity contribution is 7.80. The first kappa shape index (κ1) is 15.6. The van der Waals surface area contributed by atoms with Crippen LogP contribution >= 0.6 is 12.6 Å². The van der Waals surface area contributed by atoms with Crippen molar-refractivity contribution < 1.29 is 24.2 Å². The lowest BCUT2D eigenvalue weighted by Gasteiger charge is -2.09. The molecule has 0 aliphatic carbocycles. The Kier molecular flexibility index (Phi) is 4.22. The molecule has 2 aromatic rings. The molecule has 1 aromatic carbocycles. The summed E-state index contributed by atoms with van der Waals surface area (Å²) in [6.07, 6.45) is 0. The van der Waals surface area contributed by atoms with Gasteiger partial charge in [-0.3, -0.25) is 9.59 Å². The first-order valence-electron chi connectivity index (χ1n) is 6.01. The van der Waals surface area contributed by atoms with Gasteiger partial charge in [0.2, 0.25) is 0 Å². The Bertz CT molecular complexity index is 809. The van der Waals surface area contributed by atoms with Crippen molar-refractivity contribution in [3.05, 3.63) is 45.8 Å². The molecule has 0 bridgehead atoms. The summed E-state index contributed by atoms with van der Waals surface area (Å²) in [6, 6.07) is 6.31. The summed E-state index contributed by atoms with van der Waals surface area (Å²) in [7, 11) is 0. The van der Waals surface area contributed by atoms with Gasteiger partial charge in [-0.25, -0.2) is 4.79 Å². The first-order chi connectivity index (χ1) is 10.3. The van der Waals surface area contributed by atoms with E-state index >= 15 is 0 Å². The fourth-order valence-corrected chi connectivity index (χ4v) is 1.92. The number of benzene rings is 1. The van der Waals surface area contributed by atoms with Gasteiger partial charge in [0.05, 0.1) is 0 Å². The van der Waals surface area contributed by atoms with E-state index in [-0.39, 0.29) is 0 Å². The second-order valence-electron chi connectivity index (χ2n) is 4.35. The normalized spacial score (nSPS) is 10.3. The molecule has 0 radical (unpaired) electrons. The Morgan fingerprint density at radius 3 is 2.27 bits per heavy atom. The van der Waals surface area contributed by atoms with Crippen molar-refractivity contribution in [1.29, 1.82) is 0 Å². The summed E-state index contributed by atoms with van der Waals surface area (Å²) in [6.45, 7) is 1.02. The molecule has 0 atom stereocenters. The van der Waals surface area contributed by atoms with Crippen molar-refractivity contribution in [2.24, 2.45) is 0 Å². The Morgan fingerprint density at radius 1 is 1.14 bits per heavy atom. The lowest BCUT2D eigenvalue weighted by molar-refractivity contribution is 0.100. The van der Waals surface area contributed by atoms with Crippen LogP contribution in [0.4, 0.5) is 5.69 Å². The molecule has 0 fully saturated rings. The summed E-state index contributed by atoms with van der Waals surface area (Å²) in [4.78, 5) is 35.5. The lowest BCUT2D eigenvalue weighted by atomic mass is 10.1. The van der Waals surface area contributed by atoms with E-state index in [2.05, 4.69) is 22.4 Å². The monoisotopic (exact) mass is 321 g/mol. The predicted octanol–water partition coefficient (Wildman–Crippen LogP) is 1.79. The van der Waals surface area contributed by atoms with Gasteiger partial charge in [-0.15, -0.1) is 12.6 Å². The quantitative estimate of drug-likeness (QED) is 0.506. The van der Waals surface area contributed by atoms with Crippen molar-refractivity contribution in [2.75, 3.05) is 5.32 Å². The number of carbonyl (C=O) groups is 2. The van der Waals surface area contributed by atoms with Crippen molar-refractivity contribution in [2.45, 2.75) is 11.8 Å². The van der Waals surface area contributed by atoms with Crippen LogP contribution in [0.15, 0.2) is 38.4 Å². The Balaban J connectivity index is 2.45. The number of ketones is 1. The van der Waals surface area contributed by atoms with Crippen LogP contribution in [0.1, 0.15) is 27.6 Å². The van der Waals surface area contributed by atoms with E-state index in [9.17, 15) is 24.6 Å². The van der Waals surface area contributed by atoms with Gasteiger partial charge in [0.25, 0.3) is 5.91 Å². The summed E-state index contributed by atoms with van der Waals surface area (Å²) >= 11 is 4.09. The van der Waals surface area contributed by atoms with Gasteiger partial charge in [0.1, 0.15) is 5.56 Å². The second kappa shape index (κ2) is 5.94. The third kappa shape index (κ3) is 2.96. The van der Waals surface area contributed by atoms with Crippen LogP contribution in [0.25, 0.3) is 0 Å². The molecule has 0 spiro atoms. The number of carbonyl (C=O) groups excluding carboxylic acids is 2. The number of nitrogens with one attached hydrogen (secondary N) is 1. The second-order valence-corrected chi connectivity index (χ2v) is 4.87. The van der Waals surface area contributed by atoms with E-state index < -0.39 is 40.1 Å². The van der Waals surface area contributed by atoms with Crippen molar-refractivity contribution in [3.63, 3.8) is 0 Å². The summed E-state index contributed by atoms with van der Waals surface area (Å²) in [5.41, 5.74) is -2.26. The molecule has 1 aromatic heterocycles. The molecule has 0 unspecified atom stereocenters. The van der Waals surface area contributed by atoms with Crippen LogP contribution in [0, 0.1) is 0 Å². The molecular weight excluding hydrogens is 310 g/mol. The molecule has 8 heteroatoms. The molecule has 0 saturated carbocycles. The molecule has 0 aliphatic rings. The van der Waals surface area contributed by atoms with Gasteiger partial charge >= 0.3 is 11.6 Å². The maximum atomic E-state index is 12.1. The van der Waals surface area contributed by atoms with Crippen LogP contribution in [-0.4, -0.2) is 21.9 Å². The van der Waals surface area contributed by atoms with Crippen LogP contribution in [0.5, 0.6) is 11.7 Å². The maximum absolute atomic E-state index is 12.1. The highest BCUT2D eigenvalue weighted by atomic mass is 32.1. The molecule has 2 rings (SSSR count). The van der Waals surface area contributed by atoms with Gasteiger partial charge in [0, 0.05) is 10.6 Å². The minimum absolute atomic E-state index is 0.358. The van der Waals surface area contributed by atoms with Gasteiger partial charge in [0.15, 0.2) is 17.1 Å². The Labute approximate surface area is 129 Å². The van der Waals surface area contributed by atoms with Crippen LogP contribution in [0.2, 0.25) is 0 Å². The molecule has 1 heterocycles. The smallest absolute Gasteiger partial charge is 0.353 e.